The smallest absolute Gasteiger partial charge is 0.0180 e. The molecular weight excluding hydrogens is 100 g/mol. The summed E-state index contributed by atoms with van der Waals surface area (Å²) < 4.78 is 0. The van der Waals surface area contributed by atoms with Crippen molar-refractivity contribution in [2.75, 3.05) is 6.54 Å². The maximum atomic E-state index is 5.64. The number of hydrogen-bond donors (Lipinski definition) is 2. The third-order valence-corrected chi connectivity index (χ3v) is 1.75. The molecule has 0 radical (unpaired) electrons. The van der Waals surface area contributed by atoms with Crippen molar-refractivity contribution in [3.05, 3.63) is 0 Å². The number of hydrogen-bond acceptors (Lipinski definition) is 2. The molecule has 2 atom stereocenters. The Morgan fingerprint density at radius 2 is 2.50 bits per heavy atom. The molecule has 1 rings (SSSR count). The summed E-state index contributed by atoms with van der Waals surface area (Å²) in [5.74, 6) is 0. The minimum Gasteiger partial charge on any atom is -0.326 e. The van der Waals surface area contributed by atoms with E-state index in [1.807, 2.05) is 0 Å². The summed E-state index contributed by atoms with van der Waals surface area (Å²) in [6.07, 6.45) is 2.38. The summed E-state index contributed by atoms with van der Waals surface area (Å²) in [5, 5.41) is 3.33. The Bertz CT molecular complexity index is 72.9. The summed E-state index contributed by atoms with van der Waals surface area (Å²) in [6, 6.07) is 1.12. The predicted molar refractivity (Wildman–Crippen MR) is 34.7 cm³/mol. The average Bonchev–Trinajstić information content (AvgIpc) is 2.14. The van der Waals surface area contributed by atoms with Gasteiger partial charge in [0.05, 0.1) is 0 Å². The van der Waals surface area contributed by atoms with Gasteiger partial charge in [-0.05, 0) is 12.8 Å². The van der Waals surface area contributed by atoms with Gasteiger partial charge in [0, 0.05) is 18.6 Å². The molecule has 1 saturated heterocycles. The highest BCUT2D eigenvalue weighted by atomic mass is 15.0. The molecule has 8 heavy (non-hydrogen) atoms. The molecule has 0 aromatic rings. The first-order valence-corrected chi connectivity index (χ1v) is 3.32. The van der Waals surface area contributed by atoms with Crippen molar-refractivity contribution in [1.29, 1.82) is 0 Å². The Morgan fingerprint density at radius 1 is 1.75 bits per heavy atom. The van der Waals surface area contributed by atoms with Crippen LogP contribution in [0.25, 0.3) is 0 Å². The molecule has 0 spiro atoms. The molecule has 2 heteroatoms. The van der Waals surface area contributed by atoms with Crippen molar-refractivity contribution in [2.45, 2.75) is 31.8 Å². The van der Waals surface area contributed by atoms with Gasteiger partial charge in [-0.25, -0.2) is 0 Å². The van der Waals surface area contributed by atoms with E-state index in [9.17, 15) is 0 Å². The van der Waals surface area contributed by atoms with Crippen LogP contribution in [0.15, 0.2) is 0 Å². The second-order valence-electron chi connectivity index (χ2n) is 2.51. The predicted octanol–water partition coefficient (Wildman–Crippen LogP) is 0.0856. The summed E-state index contributed by atoms with van der Waals surface area (Å²) in [6.45, 7) is 3.20. The fourth-order valence-electron chi connectivity index (χ4n) is 1.16. The van der Waals surface area contributed by atoms with Gasteiger partial charge in [-0.15, -0.1) is 0 Å². The minimum absolute atomic E-state index is 0.417. The average molecular weight is 114 g/mol. The van der Waals surface area contributed by atoms with Gasteiger partial charge in [0.2, 0.25) is 0 Å². The SMILES string of the molecule is CCC1C[C@@H](N)CN1. The van der Waals surface area contributed by atoms with Crippen LogP contribution < -0.4 is 11.1 Å². The van der Waals surface area contributed by atoms with Gasteiger partial charge in [0.1, 0.15) is 0 Å². The van der Waals surface area contributed by atoms with Crippen molar-refractivity contribution >= 4 is 0 Å². The van der Waals surface area contributed by atoms with Gasteiger partial charge in [-0.3, -0.25) is 0 Å². The third kappa shape index (κ3) is 1.20. The van der Waals surface area contributed by atoms with Gasteiger partial charge in [-0.2, -0.15) is 0 Å². The van der Waals surface area contributed by atoms with Crippen molar-refractivity contribution < 1.29 is 0 Å². The van der Waals surface area contributed by atoms with Gasteiger partial charge in [-0.1, -0.05) is 6.92 Å². The molecule has 0 saturated carbocycles. The van der Waals surface area contributed by atoms with E-state index >= 15 is 0 Å². The fraction of sp³-hybridized carbons (Fsp3) is 1.00. The lowest BCUT2D eigenvalue weighted by Gasteiger charge is -2.02. The van der Waals surface area contributed by atoms with E-state index in [2.05, 4.69) is 12.2 Å². The molecular formula is C6H14N2. The van der Waals surface area contributed by atoms with Crippen molar-refractivity contribution in [1.82, 2.24) is 5.32 Å². The summed E-state index contributed by atoms with van der Waals surface area (Å²) in [7, 11) is 0. The second kappa shape index (κ2) is 2.46. The van der Waals surface area contributed by atoms with Crippen LogP contribution in [0.5, 0.6) is 0 Å². The zero-order chi connectivity index (χ0) is 5.98. The molecule has 1 heterocycles. The molecule has 2 nitrogen and oxygen atoms in total. The van der Waals surface area contributed by atoms with Crippen molar-refractivity contribution in [2.24, 2.45) is 5.73 Å². The molecule has 3 N–H and O–H groups in total. The Labute approximate surface area is 50.4 Å². The molecule has 0 amide bonds. The maximum Gasteiger partial charge on any atom is 0.0180 e. The van der Waals surface area contributed by atoms with Gasteiger partial charge in [0.15, 0.2) is 0 Å². The molecule has 0 bridgehead atoms. The molecule has 1 aliphatic rings. The number of nitrogens with two attached hydrogens (primary N) is 1. The normalized spacial score (nSPS) is 38.2. The lowest BCUT2D eigenvalue weighted by molar-refractivity contribution is 0.582. The Balaban J connectivity index is 2.22. The highest BCUT2D eigenvalue weighted by Gasteiger charge is 2.17. The first kappa shape index (κ1) is 6.05. The fourth-order valence-corrected chi connectivity index (χ4v) is 1.16. The van der Waals surface area contributed by atoms with E-state index in [-0.39, 0.29) is 0 Å². The highest BCUT2D eigenvalue weighted by Crippen LogP contribution is 2.06. The first-order chi connectivity index (χ1) is 3.83. The summed E-state index contributed by atoms with van der Waals surface area (Å²) in [4.78, 5) is 0. The van der Waals surface area contributed by atoms with Crippen molar-refractivity contribution in [3.8, 4) is 0 Å². The van der Waals surface area contributed by atoms with Crippen LogP contribution in [0.4, 0.5) is 0 Å². The first-order valence-electron chi connectivity index (χ1n) is 3.32. The van der Waals surface area contributed by atoms with Crippen LogP contribution in [-0.2, 0) is 0 Å². The van der Waals surface area contributed by atoms with Crippen LogP contribution in [0.2, 0.25) is 0 Å². The molecule has 0 aromatic heterocycles. The van der Waals surface area contributed by atoms with Crippen LogP contribution in [0.3, 0.4) is 0 Å². The lowest BCUT2D eigenvalue weighted by atomic mass is 10.1. The topological polar surface area (TPSA) is 38.0 Å². The third-order valence-electron chi connectivity index (χ3n) is 1.75. The monoisotopic (exact) mass is 114 g/mol. The maximum absolute atomic E-state index is 5.64. The Hall–Kier alpha value is -0.0800. The van der Waals surface area contributed by atoms with E-state index in [0.29, 0.717) is 12.1 Å². The quantitative estimate of drug-likeness (QED) is 0.507. The van der Waals surface area contributed by atoms with Gasteiger partial charge < -0.3 is 11.1 Å². The largest absolute Gasteiger partial charge is 0.326 e. The van der Waals surface area contributed by atoms with Gasteiger partial charge >= 0.3 is 0 Å². The molecule has 48 valence electrons. The number of rotatable bonds is 1. The van der Waals surface area contributed by atoms with E-state index in [4.69, 9.17) is 5.73 Å². The van der Waals surface area contributed by atoms with Crippen LogP contribution in [-0.4, -0.2) is 18.6 Å². The van der Waals surface area contributed by atoms with E-state index < -0.39 is 0 Å². The molecule has 0 aliphatic carbocycles. The van der Waals surface area contributed by atoms with E-state index in [0.717, 1.165) is 13.0 Å². The van der Waals surface area contributed by atoms with Gasteiger partial charge in [0.25, 0.3) is 0 Å². The van der Waals surface area contributed by atoms with Crippen LogP contribution >= 0.6 is 0 Å². The van der Waals surface area contributed by atoms with Crippen LogP contribution in [0, 0.1) is 0 Å². The van der Waals surface area contributed by atoms with E-state index in [1.54, 1.807) is 0 Å². The zero-order valence-electron chi connectivity index (χ0n) is 5.35. The summed E-state index contributed by atoms with van der Waals surface area (Å²) in [5.41, 5.74) is 5.64. The molecule has 1 unspecified atom stereocenters. The zero-order valence-corrected chi connectivity index (χ0v) is 5.35. The number of nitrogens with one attached hydrogen (secondary N) is 1. The van der Waals surface area contributed by atoms with Crippen molar-refractivity contribution in [3.63, 3.8) is 0 Å². The molecule has 1 aliphatic heterocycles. The summed E-state index contributed by atoms with van der Waals surface area (Å²) >= 11 is 0. The van der Waals surface area contributed by atoms with Crippen LogP contribution in [0.1, 0.15) is 19.8 Å². The standard InChI is InChI=1S/C6H14N2/c1-2-6-3-5(7)4-8-6/h5-6,8H,2-4,7H2,1H3/t5-,6?/m1/s1. The lowest BCUT2D eigenvalue weighted by Crippen LogP contribution is -2.22. The highest BCUT2D eigenvalue weighted by molar-refractivity contribution is 4.82. The molecule has 1 fully saturated rings. The Kier molecular flexibility index (Phi) is 1.86. The minimum atomic E-state index is 0.417. The molecule has 0 aromatic carbocycles. The second-order valence-corrected chi connectivity index (χ2v) is 2.51. The van der Waals surface area contributed by atoms with E-state index in [1.165, 1.54) is 6.42 Å². The Morgan fingerprint density at radius 3 is 2.75 bits per heavy atom.